The van der Waals surface area contributed by atoms with Crippen molar-refractivity contribution in [3.63, 3.8) is 0 Å². The van der Waals surface area contributed by atoms with Crippen molar-refractivity contribution in [2.45, 2.75) is 6.42 Å². The van der Waals surface area contributed by atoms with Crippen molar-refractivity contribution in [3.8, 4) is 22.6 Å². The normalized spacial score (nSPS) is 15.7. The van der Waals surface area contributed by atoms with Crippen LogP contribution in [0.2, 0.25) is 0 Å². The maximum Gasteiger partial charge on any atom is 0.159 e. The lowest BCUT2D eigenvalue weighted by atomic mass is 10.1. The Morgan fingerprint density at radius 2 is 1.94 bits per heavy atom. The van der Waals surface area contributed by atoms with E-state index in [1.165, 1.54) is 5.57 Å². The van der Waals surface area contributed by atoms with E-state index in [4.69, 9.17) is 4.98 Å². The molecular formula is C23H20N8. The molecule has 0 aromatic carbocycles. The van der Waals surface area contributed by atoms with Crippen LogP contribution in [-0.2, 0) is 0 Å². The van der Waals surface area contributed by atoms with Gasteiger partial charge in [0.05, 0.1) is 22.6 Å². The van der Waals surface area contributed by atoms with Crippen molar-refractivity contribution in [2.24, 2.45) is 0 Å². The topological polar surface area (TPSA) is 107 Å². The Labute approximate surface area is 177 Å². The number of aromatic nitrogens is 6. The number of hydrogen-bond donors (Lipinski definition) is 4. The first-order valence-electron chi connectivity index (χ1n) is 10.2. The minimum Gasteiger partial charge on any atom is -0.361 e. The summed E-state index contributed by atoms with van der Waals surface area (Å²) in [5.41, 5.74) is 6.91. The van der Waals surface area contributed by atoms with Crippen molar-refractivity contribution in [1.29, 1.82) is 0 Å². The fraction of sp³-hybridized carbons (Fsp3) is 0.130. The standard InChI is InChI=1S/C23H20N8/c1-2-19-17(12-27-18(1)15-5-9-25-10-6-15)22(31-30-19)23-28-20-13-26-11-16(21(20)29-23)14-3-7-24-8-4-14/h1-5,7-8,11-13,25,27,30H,6,9-10H2,(H,28,29). The van der Waals surface area contributed by atoms with Gasteiger partial charge in [0.15, 0.2) is 5.82 Å². The van der Waals surface area contributed by atoms with Crippen LogP contribution in [0.3, 0.4) is 0 Å². The highest BCUT2D eigenvalue weighted by Crippen LogP contribution is 2.27. The first-order valence-corrected chi connectivity index (χ1v) is 10.2. The summed E-state index contributed by atoms with van der Waals surface area (Å²) < 4.78 is 0. The number of hydrogen-bond acceptors (Lipinski definition) is 6. The van der Waals surface area contributed by atoms with Gasteiger partial charge in [-0.3, -0.25) is 15.1 Å². The molecule has 0 aliphatic carbocycles. The van der Waals surface area contributed by atoms with E-state index < -0.39 is 0 Å². The van der Waals surface area contributed by atoms with Crippen molar-refractivity contribution in [2.75, 3.05) is 13.1 Å². The molecule has 31 heavy (non-hydrogen) atoms. The quantitative estimate of drug-likeness (QED) is 0.408. The zero-order valence-corrected chi connectivity index (χ0v) is 16.7. The highest BCUT2D eigenvalue weighted by molar-refractivity contribution is 5.92. The number of H-pyrrole nitrogens is 2. The lowest BCUT2D eigenvalue weighted by Crippen LogP contribution is -2.26. The molecule has 0 bridgehead atoms. The molecule has 4 aromatic rings. The summed E-state index contributed by atoms with van der Waals surface area (Å²) in [6, 6.07) is 3.92. The number of aromatic amines is 2. The van der Waals surface area contributed by atoms with Crippen molar-refractivity contribution < 1.29 is 0 Å². The first kappa shape index (κ1) is 17.8. The summed E-state index contributed by atoms with van der Waals surface area (Å²) in [7, 11) is 0. The molecule has 0 radical (unpaired) electrons. The van der Waals surface area contributed by atoms with Crippen LogP contribution >= 0.6 is 0 Å². The zero-order valence-electron chi connectivity index (χ0n) is 16.7. The third-order valence-corrected chi connectivity index (χ3v) is 5.64. The number of pyridine rings is 2. The zero-order chi connectivity index (χ0) is 20.6. The van der Waals surface area contributed by atoms with Crippen LogP contribution in [0.15, 0.2) is 60.3 Å². The summed E-state index contributed by atoms with van der Waals surface area (Å²) >= 11 is 0. The Morgan fingerprint density at radius 1 is 1.00 bits per heavy atom. The van der Waals surface area contributed by atoms with E-state index in [1.807, 2.05) is 24.5 Å². The number of fused-ring (bicyclic) bond motifs is 2. The average Bonchev–Trinajstić information content (AvgIpc) is 3.38. The first-order chi connectivity index (χ1) is 15.4. The molecule has 8 nitrogen and oxygen atoms in total. The van der Waals surface area contributed by atoms with Gasteiger partial charge in [-0.1, -0.05) is 6.08 Å². The van der Waals surface area contributed by atoms with E-state index in [9.17, 15) is 0 Å². The van der Waals surface area contributed by atoms with Gasteiger partial charge in [-0.05, 0) is 48.4 Å². The lowest BCUT2D eigenvalue weighted by Gasteiger charge is -2.16. The van der Waals surface area contributed by atoms with Gasteiger partial charge in [0.25, 0.3) is 0 Å². The third-order valence-electron chi connectivity index (χ3n) is 5.64. The van der Waals surface area contributed by atoms with Gasteiger partial charge < -0.3 is 15.6 Å². The minimum atomic E-state index is 0.701. The van der Waals surface area contributed by atoms with Crippen LogP contribution in [0.4, 0.5) is 0 Å². The van der Waals surface area contributed by atoms with Crippen LogP contribution in [0.5, 0.6) is 0 Å². The Balaban J connectivity index is 1.43. The third kappa shape index (κ3) is 3.13. The largest absolute Gasteiger partial charge is 0.361 e. The van der Waals surface area contributed by atoms with Crippen LogP contribution in [0, 0.1) is 0 Å². The number of imidazole rings is 1. The van der Waals surface area contributed by atoms with Crippen molar-refractivity contribution >= 4 is 23.3 Å². The van der Waals surface area contributed by atoms with Gasteiger partial charge in [-0.15, -0.1) is 0 Å². The Morgan fingerprint density at radius 3 is 2.81 bits per heavy atom. The number of rotatable bonds is 3. The summed E-state index contributed by atoms with van der Waals surface area (Å²) in [6.07, 6.45) is 16.6. The number of nitrogens with zero attached hydrogens (tertiary/aromatic N) is 4. The van der Waals surface area contributed by atoms with Crippen LogP contribution in [0.25, 0.3) is 46.0 Å². The molecule has 0 saturated carbocycles. The molecule has 0 fully saturated rings. The Bertz CT molecular complexity index is 1460. The second-order valence-corrected chi connectivity index (χ2v) is 7.52. The smallest absolute Gasteiger partial charge is 0.159 e. The van der Waals surface area contributed by atoms with E-state index >= 15 is 0 Å². The maximum absolute atomic E-state index is 4.88. The average molecular weight is 408 g/mol. The van der Waals surface area contributed by atoms with E-state index in [0.29, 0.717) is 5.82 Å². The second kappa shape index (κ2) is 7.33. The molecule has 6 heterocycles. The van der Waals surface area contributed by atoms with E-state index in [-0.39, 0.29) is 0 Å². The molecule has 2 aliphatic rings. The summed E-state index contributed by atoms with van der Waals surface area (Å²) in [6.45, 7) is 1.90. The Hall–Kier alpha value is -4.04. The number of nitrogens with one attached hydrogen (secondary N) is 4. The Kier molecular flexibility index (Phi) is 4.21. The highest BCUT2D eigenvalue weighted by atomic mass is 15.1. The van der Waals surface area contributed by atoms with Gasteiger partial charge in [0.1, 0.15) is 5.69 Å². The molecule has 8 heteroatoms. The lowest BCUT2D eigenvalue weighted by molar-refractivity contribution is 0.703. The molecule has 0 unspecified atom stereocenters. The fourth-order valence-electron chi connectivity index (χ4n) is 4.04. The predicted octanol–water partition coefficient (Wildman–Crippen LogP) is 1.34. The van der Waals surface area contributed by atoms with Crippen LogP contribution < -0.4 is 21.2 Å². The van der Waals surface area contributed by atoms with Crippen LogP contribution in [0.1, 0.15) is 6.42 Å². The van der Waals surface area contributed by atoms with Gasteiger partial charge in [-0.2, -0.15) is 5.10 Å². The summed E-state index contributed by atoms with van der Waals surface area (Å²) in [5, 5.41) is 16.4. The molecule has 0 saturated heterocycles. The summed E-state index contributed by atoms with van der Waals surface area (Å²) in [4.78, 5) is 16.8. The predicted molar refractivity (Wildman–Crippen MR) is 120 cm³/mol. The van der Waals surface area contributed by atoms with E-state index in [0.717, 1.165) is 63.6 Å². The molecular weight excluding hydrogens is 388 g/mol. The molecule has 4 aromatic heterocycles. The van der Waals surface area contributed by atoms with Crippen molar-refractivity contribution in [1.82, 2.24) is 40.8 Å². The SMILES string of the molecule is C1=C(C2=CC=c3[nH]nc(-c4nc5c(-c6ccncc6)cncc5[nH]4)c3=CN2)CCNC1. The molecule has 152 valence electrons. The maximum atomic E-state index is 4.88. The van der Waals surface area contributed by atoms with Gasteiger partial charge >= 0.3 is 0 Å². The summed E-state index contributed by atoms with van der Waals surface area (Å²) in [5.74, 6) is 0.701. The van der Waals surface area contributed by atoms with Gasteiger partial charge in [0.2, 0.25) is 0 Å². The molecule has 4 N–H and O–H groups in total. The fourth-order valence-corrected chi connectivity index (χ4v) is 4.04. The van der Waals surface area contributed by atoms with E-state index in [2.05, 4.69) is 54.0 Å². The molecule has 2 aliphatic heterocycles. The van der Waals surface area contributed by atoms with E-state index in [1.54, 1.807) is 18.6 Å². The second-order valence-electron chi connectivity index (χ2n) is 7.52. The molecule has 0 spiro atoms. The molecule has 0 atom stereocenters. The molecule has 6 rings (SSSR count). The molecule has 0 amide bonds. The minimum absolute atomic E-state index is 0.701. The van der Waals surface area contributed by atoms with Crippen LogP contribution in [-0.4, -0.2) is 43.2 Å². The monoisotopic (exact) mass is 408 g/mol. The highest BCUT2D eigenvalue weighted by Gasteiger charge is 2.15. The van der Waals surface area contributed by atoms with Gasteiger partial charge in [-0.25, -0.2) is 4.98 Å². The number of allylic oxidation sites excluding steroid dienone is 2. The van der Waals surface area contributed by atoms with Crippen molar-refractivity contribution in [3.05, 3.63) is 70.9 Å². The van der Waals surface area contributed by atoms with Gasteiger partial charge in [0, 0.05) is 47.8 Å².